The van der Waals surface area contributed by atoms with Gasteiger partial charge in [-0.05, 0) is 48.1 Å². The molecule has 1 atom stereocenters. The Morgan fingerprint density at radius 2 is 1.97 bits per heavy atom. The van der Waals surface area contributed by atoms with Crippen LogP contribution in [0, 0.1) is 11.3 Å². The Bertz CT molecular complexity index is 1180. The molecule has 164 valence electrons. The number of ketones is 1. The fraction of sp³-hybridized carbons (Fsp3) is 0.261. The Morgan fingerprint density at radius 1 is 1.19 bits per heavy atom. The molecule has 9 heteroatoms. The number of allylic oxidation sites excluding steroid dienone is 1. The summed E-state index contributed by atoms with van der Waals surface area (Å²) in [6.07, 6.45) is -4.11. The highest BCUT2D eigenvalue weighted by atomic mass is 32.2. The van der Waals surface area contributed by atoms with E-state index in [9.17, 15) is 28.0 Å². The molecule has 2 amide bonds. The van der Waals surface area contributed by atoms with Crippen LogP contribution in [0.2, 0.25) is 0 Å². The molecule has 0 radical (unpaired) electrons. The second kappa shape index (κ2) is 8.36. The van der Waals surface area contributed by atoms with E-state index in [4.69, 9.17) is 0 Å². The van der Waals surface area contributed by atoms with E-state index in [0.29, 0.717) is 22.4 Å². The number of thioether (sulfide) groups is 1. The summed E-state index contributed by atoms with van der Waals surface area (Å²) < 4.78 is 39.6. The maximum absolute atomic E-state index is 13.2. The van der Waals surface area contributed by atoms with E-state index in [0.717, 1.165) is 22.8 Å². The molecule has 2 aliphatic rings. The fourth-order valence-electron chi connectivity index (χ4n) is 4.06. The van der Waals surface area contributed by atoms with Crippen molar-refractivity contribution < 1.29 is 22.8 Å². The molecule has 1 heterocycles. The average Bonchev–Trinajstić information content (AvgIpc) is 3.14. The van der Waals surface area contributed by atoms with Crippen molar-refractivity contribution in [2.45, 2.75) is 36.9 Å². The van der Waals surface area contributed by atoms with Crippen molar-refractivity contribution in [1.82, 2.24) is 5.32 Å². The molecular formula is C23H18F3N3O2S. The van der Waals surface area contributed by atoms with E-state index in [1.807, 2.05) is 6.92 Å². The van der Waals surface area contributed by atoms with E-state index >= 15 is 0 Å². The normalized spacial score (nSPS) is 18.5. The molecule has 0 saturated heterocycles. The number of nitrogens with zero attached hydrogens (tertiary/aromatic N) is 2. The summed E-state index contributed by atoms with van der Waals surface area (Å²) in [6, 6.07) is 10.3. The van der Waals surface area contributed by atoms with Crippen molar-refractivity contribution >= 4 is 29.3 Å². The largest absolute Gasteiger partial charge is 0.416 e. The number of carbonyl (C=O) groups is 2. The minimum Gasteiger partial charge on any atom is -0.326 e. The first kappa shape index (κ1) is 22.0. The lowest BCUT2D eigenvalue weighted by Crippen LogP contribution is -2.47. The van der Waals surface area contributed by atoms with Gasteiger partial charge in [-0.25, -0.2) is 4.79 Å². The number of carbonyl (C=O) groups excluding carboxylic acids is 2. The van der Waals surface area contributed by atoms with Crippen LogP contribution >= 0.6 is 11.8 Å². The van der Waals surface area contributed by atoms with Crippen molar-refractivity contribution in [2.75, 3.05) is 10.7 Å². The van der Waals surface area contributed by atoms with Crippen molar-refractivity contribution in [3.63, 3.8) is 0 Å². The van der Waals surface area contributed by atoms with E-state index in [2.05, 4.69) is 11.4 Å². The number of nitriles is 1. The maximum Gasteiger partial charge on any atom is 0.416 e. The third kappa shape index (κ3) is 3.86. The van der Waals surface area contributed by atoms with Gasteiger partial charge in [-0.15, -0.1) is 11.8 Å². The third-order valence-corrected chi connectivity index (χ3v) is 6.37. The maximum atomic E-state index is 13.2. The number of Topliss-reactive ketones (excluding diaryl/α,β-unsaturated/α-hetero) is 1. The molecular weight excluding hydrogens is 439 g/mol. The number of hydrogen-bond acceptors (Lipinski definition) is 4. The Morgan fingerprint density at radius 3 is 2.66 bits per heavy atom. The molecule has 0 saturated carbocycles. The Kier molecular flexibility index (Phi) is 5.73. The molecule has 0 bridgehead atoms. The van der Waals surface area contributed by atoms with Crippen LogP contribution in [0.5, 0.6) is 0 Å². The Labute approximate surface area is 186 Å². The Balaban J connectivity index is 1.83. The van der Waals surface area contributed by atoms with Crippen molar-refractivity contribution in [2.24, 2.45) is 0 Å². The van der Waals surface area contributed by atoms with Crippen LogP contribution in [0.1, 0.15) is 42.5 Å². The van der Waals surface area contributed by atoms with Gasteiger partial charge in [0.2, 0.25) is 0 Å². The summed E-state index contributed by atoms with van der Waals surface area (Å²) in [6.45, 7) is 1.95. The van der Waals surface area contributed by atoms with E-state index in [1.165, 1.54) is 28.8 Å². The minimum atomic E-state index is -4.55. The average molecular weight is 457 g/mol. The zero-order valence-corrected chi connectivity index (χ0v) is 17.8. The van der Waals surface area contributed by atoms with Gasteiger partial charge in [0.05, 0.1) is 28.9 Å². The summed E-state index contributed by atoms with van der Waals surface area (Å²) in [5.74, 6) is 0.567. The van der Waals surface area contributed by atoms with Gasteiger partial charge < -0.3 is 5.32 Å². The molecule has 1 aliphatic heterocycles. The predicted molar refractivity (Wildman–Crippen MR) is 114 cm³/mol. The molecule has 1 N–H and O–H groups in total. The second-order valence-corrected chi connectivity index (χ2v) is 8.65. The highest BCUT2D eigenvalue weighted by Crippen LogP contribution is 2.43. The van der Waals surface area contributed by atoms with Gasteiger partial charge in [0, 0.05) is 22.6 Å². The lowest BCUT2D eigenvalue weighted by Gasteiger charge is -2.35. The molecule has 0 spiro atoms. The first-order valence-corrected chi connectivity index (χ1v) is 10.9. The number of rotatable bonds is 4. The van der Waals surface area contributed by atoms with Gasteiger partial charge in [0.25, 0.3) is 0 Å². The van der Waals surface area contributed by atoms with Gasteiger partial charge in [0.15, 0.2) is 5.78 Å². The molecule has 0 fully saturated rings. The van der Waals surface area contributed by atoms with Crippen LogP contribution in [-0.2, 0) is 11.0 Å². The van der Waals surface area contributed by atoms with Crippen LogP contribution in [0.25, 0.3) is 0 Å². The number of alkyl halides is 3. The molecule has 5 nitrogen and oxygen atoms in total. The zero-order chi connectivity index (χ0) is 23.0. The molecule has 32 heavy (non-hydrogen) atoms. The number of hydrogen-bond donors (Lipinski definition) is 1. The van der Waals surface area contributed by atoms with Gasteiger partial charge in [-0.3, -0.25) is 9.69 Å². The lowest BCUT2D eigenvalue weighted by atomic mass is 9.94. The topological polar surface area (TPSA) is 73.2 Å². The zero-order valence-electron chi connectivity index (χ0n) is 17.0. The van der Waals surface area contributed by atoms with Crippen LogP contribution < -0.4 is 10.2 Å². The molecule has 0 aromatic heterocycles. The standard InChI is InChI=1S/C23H18F3N3O2S/c1-2-32-19-10-13(12-27)6-7-16(19)21-20-17(8-9-18(20)30)29(22(31)28-21)15-5-3-4-14(11-15)23(24,25)26/h3-7,10-11,21H,2,8-9H2,1H3,(H,28,31)/t21-/m1/s1. The third-order valence-electron chi connectivity index (χ3n) is 5.41. The summed E-state index contributed by atoms with van der Waals surface area (Å²) in [7, 11) is 0. The molecule has 2 aromatic rings. The summed E-state index contributed by atoms with van der Waals surface area (Å²) in [5.41, 5.74) is 1.13. The summed E-state index contributed by atoms with van der Waals surface area (Å²) in [4.78, 5) is 27.9. The number of anilines is 1. The first-order valence-electron chi connectivity index (χ1n) is 9.95. The molecule has 1 aliphatic carbocycles. The lowest BCUT2D eigenvalue weighted by molar-refractivity contribution is -0.137. The van der Waals surface area contributed by atoms with Crippen molar-refractivity contribution in [3.05, 3.63) is 70.4 Å². The molecule has 2 aromatic carbocycles. The minimum absolute atomic E-state index is 0.0564. The van der Waals surface area contributed by atoms with Crippen molar-refractivity contribution in [3.8, 4) is 6.07 Å². The highest BCUT2D eigenvalue weighted by Gasteiger charge is 2.42. The first-order chi connectivity index (χ1) is 15.2. The second-order valence-electron chi connectivity index (χ2n) is 7.35. The van der Waals surface area contributed by atoms with Crippen LogP contribution in [0.4, 0.5) is 23.7 Å². The smallest absolute Gasteiger partial charge is 0.326 e. The fourth-order valence-corrected chi connectivity index (χ4v) is 4.93. The Hall–Kier alpha value is -3.25. The number of nitrogens with one attached hydrogen (secondary N) is 1. The molecule has 0 unspecified atom stereocenters. The van der Waals surface area contributed by atoms with Crippen molar-refractivity contribution in [1.29, 1.82) is 5.26 Å². The van der Waals surface area contributed by atoms with E-state index in [-0.39, 0.29) is 24.3 Å². The van der Waals surface area contributed by atoms with E-state index in [1.54, 1.807) is 18.2 Å². The van der Waals surface area contributed by atoms with Crippen LogP contribution in [0.15, 0.2) is 58.6 Å². The quantitative estimate of drug-likeness (QED) is 0.609. The SMILES string of the molecule is CCSc1cc(C#N)ccc1[C@H]1NC(=O)N(c2cccc(C(F)(F)F)c2)C2=C1C(=O)CC2. The van der Waals surface area contributed by atoms with Gasteiger partial charge in [-0.1, -0.05) is 19.1 Å². The monoisotopic (exact) mass is 457 g/mol. The number of halogens is 3. The number of urea groups is 1. The van der Waals surface area contributed by atoms with Crippen LogP contribution in [0.3, 0.4) is 0 Å². The van der Waals surface area contributed by atoms with Gasteiger partial charge >= 0.3 is 12.2 Å². The van der Waals surface area contributed by atoms with Crippen LogP contribution in [-0.4, -0.2) is 17.6 Å². The predicted octanol–water partition coefficient (Wildman–Crippen LogP) is 5.58. The van der Waals surface area contributed by atoms with Gasteiger partial charge in [0.1, 0.15) is 0 Å². The van der Waals surface area contributed by atoms with Gasteiger partial charge in [-0.2, -0.15) is 18.4 Å². The molecule has 4 rings (SSSR count). The van der Waals surface area contributed by atoms with E-state index < -0.39 is 23.8 Å². The number of amides is 2. The summed E-state index contributed by atoms with van der Waals surface area (Å²) >= 11 is 1.49. The number of benzene rings is 2. The highest BCUT2D eigenvalue weighted by molar-refractivity contribution is 7.99. The summed E-state index contributed by atoms with van der Waals surface area (Å²) in [5, 5.41) is 12.0.